The number of halogens is 1. The Morgan fingerprint density at radius 3 is 2.12 bits per heavy atom. The monoisotopic (exact) mass is 381 g/mol. The molecule has 2 aromatic carbocycles. The lowest BCUT2D eigenvalue weighted by molar-refractivity contribution is -0.136. The zero-order valence-electron chi connectivity index (χ0n) is 13.0. The lowest BCUT2D eigenvalue weighted by Crippen LogP contribution is -2.36. The number of amides is 2. The van der Waals surface area contributed by atoms with Gasteiger partial charge in [0.2, 0.25) is 10.0 Å². The molecule has 0 aromatic heterocycles. The summed E-state index contributed by atoms with van der Waals surface area (Å²) >= 11 is 5.74. The molecule has 0 aliphatic rings. The van der Waals surface area contributed by atoms with Gasteiger partial charge in [0.25, 0.3) is 0 Å². The van der Waals surface area contributed by atoms with Gasteiger partial charge in [0, 0.05) is 17.3 Å². The molecule has 0 saturated carbocycles. The maximum atomic E-state index is 11.8. The van der Waals surface area contributed by atoms with E-state index in [4.69, 9.17) is 16.7 Å². The molecule has 0 unspecified atom stereocenters. The predicted molar refractivity (Wildman–Crippen MR) is 94.6 cm³/mol. The SMILES string of the molecule is NS(=O)(=O)c1ccc(CCNC(=O)C(=O)Nc2ccc(Cl)cc2)cc1. The first-order valence-corrected chi connectivity index (χ1v) is 9.14. The van der Waals surface area contributed by atoms with E-state index in [1.54, 1.807) is 36.4 Å². The molecular formula is C16H16ClN3O4S. The minimum atomic E-state index is -3.73. The Labute approximate surface area is 150 Å². The van der Waals surface area contributed by atoms with Crippen molar-refractivity contribution in [1.82, 2.24) is 5.32 Å². The Balaban J connectivity index is 1.81. The van der Waals surface area contributed by atoms with Crippen LogP contribution in [-0.4, -0.2) is 26.8 Å². The summed E-state index contributed by atoms with van der Waals surface area (Å²) < 4.78 is 22.3. The van der Waals surface area contributed by atoms with Crippen LogP contribution in [0, 0.1) is 0 Å². The number of nitrogens with one attached hydrogen (secondary N) is 2. The first-order chi connectivity index (χ1) is 11.8. The summed E-state index contributed by atoms with van der Waals surface area (Å²) in [5, 5.41) is 10.5. The second-order valence-electron chi connectivity index (χ2n) is 5.16. The van der Waals surface area contributed by atoms with Crippen molar-refractivity contribution in [2.75, 3.05) is 11.9 Å². The fraction of sp³-hybridized carbons (Fsp3) is 0.125. The first kappa shape index (κ1) is 18.9. The van der Waals surface area contributed by atoms with Crippen molar-refractivity contribution in [3.8, 4) is 0 Å². The number of benzene rings is 2. The molecule has 0 saturated heterocycles. The molecule has 9 heteroatoms. The number of rotatable bonds is 5. The number of carbonyl (C=O) groups excluding carboxylic acids is 2. The van der Waals surface area contributed by atoms with Crippen molar-refractivity contribution >= 4 is 39.1 Å². The molecule has 25 heavy (non-hydrogen) atoms. The third-order valence-electron chi connectivity index (χ3n) is 3.26. The van der Waals surface area contributed by atoms with Gasteiger partial charge in [-0.05, 0) is 48.4 Å². The average molecular weight is 382 g/mol. The van der Waals surface area contributed by atoms with Crippen LogP contribution in [0.25, 0.3) is 0 Å². The van der Waals surface area contributed by atoms with Gasteiger partial charge in [-0.25, -0.2) is 13.6 Å². The van der Waals surface area contributed by atoms with Crippen LogP contribution in [0.5, 0.6) is 0 Å². The highest BCUT2D eigenvalue weighted by molar-refractivity contribution is 7.89. The number of nitrogens with two attached hydrogens (primary N) is 1. The van der Waals surface area contributed by atoms with E-state index in [0.29, 0.717) is 17.1 Å². The summed E-state index contributed by atoms with van der Waals surface area (Å²) in [6, 6.07) is 12.3. The molecule has 0 bridgehead atoms. The van der Waals surface area contributed by atoms with Crippen molar-refractivity contribution in [2.24, 2.45) is 5.14 Å². The van der Waals surface area contributed by atoms with Crippen LogP contribution in [0.15, 0.2) is 53.4 Å². The number of primary sulfonamides is 1. The van der Waals surface area contributed by atoms with Crippen LogP contribution in [0.1, 0.15) is 5.56 Å². The Morgan fingerprint density at radius 2 is 1.56 bits per heavy atom. The summed E-state index contributed by atoms with van der Waals surface area (Å²) in [5.41, 5.74) is 1.26. The number of sulfonamides is 1. The van der Waals surface area contributed by atoms with E-state index in [9.17, 15) is 18.0 Å². The Hall–Kier alpha value is -2.42. The zero-order chi connectivity index (χ0) is 18.4. The van der Waals surface area contributed by atoms with Crippen molar-refractivity contribution in [3.05, 3.63) is 59.1 Å². The van der Waals surface area contributed by atoms with Crippen LogP contribution >= 0.6 is 11.6 Å². The van der Waals surface area contributed by atoms with Gasteiger partial charge in [-0.2, -0.15) is 0 Å². The molecule has 4 N–H and O–H groups in total. The highest BCUT2D eigenvalue weighted by Crippen LogP contribution is 2.13. The van der Waals surface area contributed by atoms with Crippen LogP contribution < -0.4 is 15.8 Å². The molecule has 7 nitrogen and oxygen atoms in total. The van der Waals surface area contributed by atoms with E-state index in [1.165, 1.54) is 12.1 Å². The highest BCUT2D eigenvalue weighted by Gasteiger charge is 2.13. The Morgan fingerprint density at radius 1 is 0.960 bits per heavy atom. The number of hydrogen-bond donors (Lipinski definition) is 3. The Kier molecular flexibility index (Phi) is 6.13. The topological polar surface area (TPSA) is 118 Å². The van der Waals surface area contributed by atoms with E-state index in [2.05, 4.69) is 10.6 Å². The van der Waals surface area contributed by atoms with Crippen molar-refractivity contribution < 1.29 is 18.0 Å². The molecule has 132 valence electrons. The molecule has 0 radical (unpaired) electrons. The minimum absolute atomic E-state index is 0.0163. The lowest BCUT2D eigenvalue weighted by Gasteiger charge is -2.07. The summed E-state index contributed by atoms with van der Waals surface area (Å²) in [5.74, 6) is -1.55. The number of anilines is 1. The number of carbonyl (C=O) groups is 2. The molecule has 2 aromatic rings. The summed E-state index contributed by atoms with van der Waals surface area (Å²) in [6.07, 6.45) is 0.435. The fourth-order valence-electron chi connectivity index (χ4n) is 1.97. The van der Waals surface area contributed by atoms with Gasteiger partial charge >= 0.3 is 11.8 Å². The van der Waals surface area contributed by atoms with E-state index in [0.717, 1.165) is 5.56 Å². The van der Waals surface area contributed by atoms with Crippen molar-refractivity contribution in [3.63, 3.8) is 0 Å². The van der Waals surface area contributed by atoms with Gasteiger partial charge in [0.15, 0.2) is 0 Å². The fourth-order valence-corrected chi connectivity index (χ4v) is 2.61. The number of hydrogen-bond acceptors (Lipinski definition) is 4. The second kappa shape index (κ2) is 8.11. The largest absolute Gasteiger partial charge is 0.347 e. The third kappa shape index (κ3) is 5.86. The van der Waals surface area contributed by atoms with E-state index < -0.39 is 21.8 Å². The lowest BCUT2D eigenvalue weighted by atomic mass is 10.1. The molecular weight excluding hydrogens is 366 g/mol. The van der Waals surface area contributed by atoms with E-state index in [1.807, 2.05) is 0 Å². The van der Waals surface area contributed by atoms with Crippen molar-refractivity contribution in [1.29, 1.82) is 0 Å². The third-order valence-corrected chi connectivity index (χ3v) is 4.44. The smallest absolute Gasteiger partial charge is 0.313 e. The van der Waals surface area contributed by atoms with Gasteiger partial charge in [0.05, 0.1) is 4.90 Å². The summed E-state index contributed by atoms with van der Waals surface area (Å²) in [7, 11) is -3.73. The first-order valence-electron chi connectivity index (χ1n) is 7.22. The highest BCUT2D eigenvalue weighted by atomic mass is 35.5. The maximum Gasteiger partial charge on any atom is 0.313 e. The van der Waals surface area contributed by atoms with Gasteiger partial charge in [-0.1, -0.05) is 23.7 Å². The molecule has 0 heterocycles. The molecule has 2 amide bonds. The summed E-state index contributed by atoms with van der Waals surface area (Å²) in [4.78, 5) is 23.5. The van der Waals surface area contributed by atoms with Crippen LogP contribution in [0.2, 0.25) is 5.02 Å². The van der Waals surface area contributed by atoms with E-state index >= 15 is 0 Å². The predicted octanol–water partition coefficient (Wildman–Crippen LogP) is 1.28. The molecule has 0 aliphatic heterocycles. The van der Waals surface area contributed by atoms with Gasteiger partial charge in [-0.15, -0.1) is 0 Å². The molecule has 0 aliphatic carbocycles. The molecule has 2 rings (SSSR count). The van der Waals surface area contributed by atoms with Gasteiger partial charge in [-0.3, -0.25) is 9.59 Å². The van der Waals surface area contributed by atoms with Crippen molar-refractivity contribution in [2.45, 2.75) is 11.3 Å². The van der Waals surface area contributed by atoms with Crippen LogP contribution in [0.4, 0.5) is 5.69 Å². The van der Waals surface area contributed by atoms with E-state index in [-0.39, 0.29) is 11.4 Å². The minimum Gasteiger partial charge on any atom is -0.347 e. The quantitative estimate of drug-likeness (QED) is 0.676. The summed E-state index contributed by atoms with van der Waals surface area (Å²) in [6.45, 7) is 0.224. The molecule has 0 atom stereocenters. The average Bonchev–Trinajstić information content (AvgIpc) is 2.56. The normalized spacial score (nSPS) is 11.0. The standard InChI is InChI=1S/C16H16ClN3O4S/c17-12-3-5-13(6-4-12)20-16(22)15(21)19-10-9-11-1-7-14(8-2-11)25(18,23)24/h1-8H,9-10H2,(H,19,21)(H,20,22)(H2,18,23,24). The molecule has 0 fully saturated rings. The molecule has 0 spiro atoms. The van der Waals surface area contributed by atoms with Crippen LogP contribution in [0.3, 0.4) is 0 Å². The zero-order valence-corrected chi connectivity index (χ0v) is 14.6. The second-order valence-corrected chi connectivity index (χ2v) is 7.15. The maximum absolute atomic E-state index is 11.8. The van der Waals surface area contributed by atoms with Crippen LogP contribution in [-0.2, 0) is 26.0 Å². The Bertz CT molecular complexity index is 865. The van der Waals surface area contributed by atoms with Gasteiger partial charge < -0.3 is 10.6 Å². The van der Waals surface area contributed by atoms with Gasteiger partial charge in [0.1, 0.15) is 0 Å².